The van der Waals surface area contributed by atoms with Crippen LogP contribution in [0.3, 0.4) is 0 Å². The lowest BCUT2D eigenvalue weighted by Gasteiger charge is -2.11. The van der Waals surface area contributed by atoms with E-state index in [1.54, 1.807) is 13.0 Å². The van der Waals surface area contributed by atoms with E-state index in [2.05, 4.69) is 4.74 Å². The summed E-state index contributed by atoms with van der Waals surface area (Å²) in [6.07, 6.45) is 3.12. The normalized spacial score (nSPS) is 27.0. The first-order chi connectivity index (χ1) is 7.03. The van der Waals surface area contributed by atoms with Crippen molar-refractivity contribution in [2.24, 2.45) is 5.92 Å². The number of esters is 1. The first-order valence-electron chi connectivity index (χ1n) is 4.88. The van der Waals surface area contributed by atoms with Gasteiger partial charge in [0.1, 0.15) is 6.29 Å². The van der Waals surface area contributed by atoms with E-state index in [1.807, 2.05) is 6.92 Å². The molecule has 0 bridgehead atoms. The molecule has 1 unspecified atom stereocenters. The fraction of sp³-hybridized carbons (Fsp3) is 0.636. The van der Waals surface area contributed by atoms with Crippen LogP contribution < -0.4 is 0 Å². The number of methoxy groups -OCH3 is 1. The van der Waals surface area contributed by atoms with E-state index in [0.717, 1.165) is 6.29 Å². The van der Waals surface area contributed by atoms with E-state index < -0.39 is 0 Å². The fourth-order valence-corrected chi connectivity index (χ4v) is 1.32. The number of ether oxygens (including phenoxy) is 2. The van der Waals surface area contributed by atoms with Crippen LogP contribution in [0.2, 0.25) is 0 Å². The van der Waals surface area contributed by atoms with Gasteiger partial charge in [0.2, 0.25) is 0 Å². The summed E-state index contributed by atoms with van der Waals surface area (Å²) < 4.78 is 9.74. The molecule has 1 aliphatic heterocycles. The Bertz CT molecular complexity index is 289. The molecule has 15 heavy (non-hydrogen) atoms. The van der Waals surface area contributed by atoms with Crippen LogP contribution in [0.5, 0.6) is 0 Å². The summed E-state index contributed by atoms with van der Waals surface area (Å²) in [4.78, 5) is 21.9. The van der Waals surface area contributed by atoms with Crippen molar-refractivity contribution in [1.29, 1.82) is 0 Å². The van der Waals surface area contributed by atoms with E-state index in [-0.39, 0.29) is 17.5 Å². The van der Waals surface area contributed by atoms with Gasteiger partial charge in [0.15, 0.2) is 0 Å². The minimum absolute atomic E-state index is 0.183. The summed E-state index contributed by atoms with van der Waals surface area (Å²) in [7, 11) is 1.34. The van der Waals surface area contributed by atoms with Gasteiger partial charge in [0, 0.05) is 11.5 Å². The van der Waals surface area contributed by atoms with Gasteiger partial charge in [0.25, 0.3) is 0 Å². The summed E-state index contributed by atoms with van der Waals surface area (Å²) in [5.41, 5.74) is 0.197. The van der Waals surface area contributed by atoms with Gasteiger partial charge in [-0.3, -0.25) is 0 Å². The fourth-order valence-electron chi connectivity index (χ4n) is 1.32. The van der Waals surface area contributed by atoms with Crippen molar-refractivity contribution in [2.45, 2.75) is 25.9 Å². The maximum absolute atomic E-state index is 11.1. The van der Waals surface area contributed by atoms with Crippen LogP contribution in [0.15, 0.2) is 11.6 Å². The molecule has 0 aromatic carbocycles. The molecule has 0 aromatic heterocycles. The Morgan fingerprint density at radius 2 is 2.27 bits per heavy atom. The highest BCUT2D eigenvalue weighted by Gasteiger charge is 2.46. The van der Waals surface area contributed by atoms with Crippen molar-refractivity contribution in [3.05, 3.63) is 11.6 Å². The second-order valence-corrected chi connectivity index (χ2v) is 3.96. The molecule has 2 atom stereocenters. The Balaban J connectivity index is 2.53. The monoisotopic (exact) mass is 212 g/mol. The third kappa shape index (κ3) is 2.89. The highest BCUT2D eigenvalue weighted by Crippen LogP contribution is 2.35. The molecule has 0 radical (unpaired) electrons. The summed E-state index contributed by atoms with van der Waals surface area (Å²) in [5, 5.41) is 0. The molecule has 1 saturated heterocycles. The van der Waals surface area contributed by atoms with Crippen LogP contribution in [0.25, 0.3) is 0 Å². The van der Waals surface area contributed by atoms with Crippen LogP contribution in [-0.2, 0) is 19.1 Å². The third-order valence-corrected chi connectivity index (χ3v) is 2.73. The van der Waals surface area contributed by atoms with Gasteiger partial charge < -0.3 is 14.3 Å². The van der Waals surface area contributed by atoms with Crippen molar-refractivity contribution >= 4 is 12.3 Å². The Kier molecular flexibility index (Phi) is 3.63. The van der Waals surface area contributed by atoms with Crippen LogP contribution in [0, 0.1) is 5.92 Å². The summed E-state index contributed by atoms with van der Waals surface area (Å²) in [6.45, 7) is 4.18. The van der Waals surface area contributed by atoms with Gasteiger partial charge in [-0.15, -0.1) is 0 Å². The Morgan fingerprint density at radius 1 is 1.67 bits per heavy atom. The van der Waals surface area contributed by atoms with E-state index >= 15 is 0 Å². The molecule has 0 spiro atoms. The van der Waals surface area contributed by atoms with E-state index in [4.69, 9.17) is 4.74 Å². The molecule has 0 amide bonds. The summed E-state index contributed by atoms with van der Waals surface area (Å²) >= 11 is 0. The Labute approximate surface area is 89.2 Å². The van der Waals surface area contributed by atoms with E-state index in [0.29, 0.717) is 18.6 Å². The minimum atomic E-state index is -0.360. The minimum Gasteiger partial charge on any atom is -0.466 e. The molecule has 1 aliphatic rings. The maximum atomic E-state index is 11.1. The molecule has 0 saturated carbocycles. The van der Waals surface area contributed by atoms with Gasteiger partial charge in [-0.2, -0.15) is 0 Å². The quantitative estimate of drug-likeness (QED) is 0.296. The highest BCUT2D eigenvalue weighted by molar-refractivity contribution is 5.87. The first kappa shape index (κ1) is 11.9. The predicted molar refractivity (Wildman–Crippen MR) is 54.3 cm³/mol. The van der Waals surface area contributed by atoms with Gasteiger partial charge in [-0.05, 0) is 20.3 Å². The molecule has 84 valence electrons. The van der Waals surface area contributed by atoms with E-state index in [1.165, 1.54) is 7.11 Å². The van der Waals surface area contributed by atoms with Crippen LogP contribution in [0.1, 0.15) is 20.3 Å². The molecule has 1 fully saturated rings. The number of hydrogen-bond donors (Lipinski definition) is 0. The number of aldehydes is 1. The zero-order chi connectivity index (χ0) is 11.5. The van der Waals surface area contributed by atoms with Crippen molar-refractivity contribution in [2.75, 3.05) is 13.7 Å². The average molecular weight is 212 g/mol. The SMILES string of the molecule is COC(=O)/C(C)=C\C[C@@H](C=O)C1(C)CO1. The number of hydrogen-bond acceptors (Lipinski definition) is 4. The topological polar surface area (TPSA) is 55.9 Å². The van der Waals surface area contributed by atoms with Gasteiger partial charge in [-0.25, -0.2) is 4.79 Å². The summed E-state index contributed by atoms with van der Waals surface area (Å²) in [5.74, 6) is -0.543. The van der Waals surface area contributed by atoms with Crippen molar-refractivity contribution in [1.82, 2.24) is 0 Å². The number of allylic oxidation sites excluding steroid dienone is 1. The maximum Gasteiger partial charge on any atom is 0.333 e. The largest absolute Gasteiger partial charge is 0.466 e. The van der Waals surface area contributed by atoms with Gasteiger partial charge in [-0.1, -0.05) is 6.08 Å². The lowest BCUT2D eigenvalue weighted by Crippen LogP contribution is -2.21. The van der Waals surface area contributed by atoms with Crippen molar-refractivity contribution in [3.63, 3.8) is 0 Å². The number of rotatable bonds is 5. The molecule has 0 aromatic rings. The molecule has 4 nitrogen and oxygen atoms in total. The molecular weight excluding hydrogens is 196 g/mol. The smallest absolute Gasteiger partial charge is 0.333 e. The average Bonchev–Trinajstić information content (AvgIpc) is 2.96. The second-order valence-electron chi connectivity index (χ2n) is 3.96. The lowest BCUT2D eigenvalue weighted by atomic mass is 9.92. The zero-order valence-electron chi connectivity index (χ0n) is 9.28. The van der Waals surface area contributed by atoms with Crippen LogP contribution >= 0.6 is 0 Å². The summed E-state index contributed by atoms with van der Waals surface area (Å²) in [6, 6.07) is 0. The van der Waals surface area contributed by atoms with Gasteiger partial charge >= 0.3 is 5.97 Å². The number of carbonyl (C=O) groups excluding carboxylic acids is 2. The van der Waals surface area contributed by atoms with Crippen molar-refractivity contribution in [3.8, 4) is 0 Å². The molecule has 0 aliphatic carbocycles. The highest BCUT2D eigenvalue weighted by atomic mass is 16.6. The number of carbonyl (C=O) groups is 2. The van der Waals surface area contributed by atoms with Crippen LogP contribution in [-0.4, -0.2) is 31.6 Å². The Morgan fingerprint density at radius 3 is 2.67 bits per heavy atom. The predicted octanol–water partition coefficient (Wildman–Crippen LogP) is 1.10. The van der Waals surface area contributed by atoms with Crippen molar-refractivity contribution < 1.29 is 19.1 Å². The van der Waals surface area contributed by atoms with Gasteiger partial charge in [0.05, 0.1) is 19.3 Å². The standard InChI is InChI=1S/C11H16O4/c1-8(10(13)14-3)4-5-9(6-12)11(2)7-15-11/h4,6,9H,5,7H2,1-3H3/b8-4-/t9-,11?/m0/s1. The molecular formula is C11H16O4. The van der Waals surface area contributed by atoms with Crippen LogP contribution in [0.4, 0.5) is 0 Å². The molecule has 4 heteroatoms. The number of epoxide rings is 1. The molecule has 1 heterocycles. The molecule has 0 N–H and O–H groups in total. The second kappa shape index (κ2) is 4.57. The zero-order valence-corrected chi connectivity index (χ0v) is 9.28. The first-order valence-corrected chi connectivity index (χ1v) is 4.88. The Hall–Kier alpha value is -1.16. The lowest BCUT2D eigenvalue weighted by molar-refractivity contribution is -0.136. The van der Waals surface area contributed by atoms with E-state index in [9.17, 15) is 9.59 Å². The third-order valence-electron chi connectivity index (χ3n) is 2.73. The molecule has 1 rings (SSSR count).